The van der Waals surface area contributed by atoms with Gasteiger partial charge in [0.05, 0.1) is 56.3 Å². The second-order valence-electron chi connectivity index (χ2n) is 7.69. The van der Waals surface area contributed by atoms with E-state index in [2.05, 4.69) is 5.32 Å². The first-order chi connectivity index (χ1) is 18.2. The maximum Gasteiger partial charge on any atom is 0.264 e. The highest BCUT2D eigenvalue weighted by Gasteiger charge is 2.29. The van der Waals surface area contributed by atoms with Gasteiger partial charge in [0.1, 0.15) is 23.8 Å². The van der Waals surface area contributed by atoms with Crippen molar-refractivity contribution in [1.82, 2.24) is 0 Å². The van der Waals surface area contributed by atoms with Crippen LogP contribution in [-0.4, -0.2) is 55.9 Å². The van der Waals surface area contributed by atoms with Crippen molar-refractivity contribution >= 4 is 38.9 Å². The number of hydrogen-bond donors (Lipinski definition) is 1. The smallest absolute Gasteiger partial charge is 0.264 e. The number of carbonyl (C=O) groups is 1. The number of carbonyl (C=O) groups excluding carboxylic acids is 1. The summed E-state index contributed by atoms with van der Waals surface area (Å²) in [4.78, 5) is 13.1. The summed E-state index contributed by atoms with van der Waals surface area (Å²) in [5, 5.41) is 2.97. The average Bonchev–Trinajstić information content (AvgIpc) is 2.92. The van der Waals surface area contributed by atoms with Crippen LogP contribution in [0.25, 0.3) is 0 Å². The number of rotatable bonds is 12. The van der Waals surface area contributed by atoms with E-state index in [9.17, 15) is 13.2 Å². The van der Waals surface area contributed by atoms with Gasteiger partial charge in [0.25, 0.3) is 10.0 Å². The second-order valence-corrected chi connectivity index (χ2v) is 9.96. The number of sulfonamides is 1. The molecule has 3 aromatic carbocycles. The number of methoxy groups -OCH3 is 4. The fourth-order valence-electron chi connectivity index (χ4n) is 3.57. The van der Waals surface area contributed by atoms with Gasteiger partial charge in [-0.2, -0.15) is 0 Å². The molecule has 10 nitrogen and oxygen atoms in total. The lowest BCUT2D eigenvalue weighted by Gasteiger charge is -2.25. The number of nitrogens with zero attached hydrogens (tertiary/aromatic N) is 1. The number of hydrogen-bond acceptors (Lipinski definition) is 8. The van der Waals surface area contributed by atoms with Crippen molar-refractivity contribution in [3.8, 4) is 28.7 Å². The first-order valence-electron chi connectivity index (χ1n) is 11.4. The highest BCUT2D eigenvalue weighted by Crippen LogP contribution is 2.36. The third-order valence-electron chi connectivity index (χ3n) is 5.41. The van der Waals surface area contributed by atoms with E-state index in [1.54, 1.807) is 24.3 Å². The van der Waals surface area contributed by atoms with Crippen molar-refractivity contribution in [3.05, 3.63) is 59.6 Å². The number of amides is 1. The number of benzene rings is 3. The largest absolute Gasteiger partial charge is 0.495 e. The first kappa shape index (κ1) is 28.7. The summed E-state index contributed by atoms with van der Waals surface area (Å²) < 4.78 is 55.1. The van der Waals surface area contributed by atoms with Crippen LogP contribution in [0.15, 0.2) is 59.5 Å². The third kappa shape index (κ3) is 6.35. The molecule has 0 atom stereocenters. The van der Waals surface area contributed by atoms with E-state index < -0.39 is 22.5 Å². The summed E-state index contributed by atoms with van der Waals surface area (Å²) in [5.41, 5.74) is 0.507. The van der Waals surface area contributed by atoms with Crippen molar-refractivity contribution in [2.45, 2.75) is 11.8 Å². The van der Waals surface area contributed by atoms with E-state index in [0.29, 0.717) is 23.9 Å². The Bertz CT molecular complexity index is 1380. The molecule has 0 aliphatic carbocycles. The summed E-state index contributed by atoms with van der Waals surface area (Å²) >= 11 is 6.16. The van der Waals surface area contributed by atoms with Gasteiger partial charge in [-0.25, -0.2) is 8.42 Å². The van der Waals surface area contributed by atoms with Gasteiger partial charge in [0.2, 0.25) is 5.91 Å². The minimum absolute atomic E-state index is 0.0948. The first-order valence-corrected chi connectivity index (χ1v) is 13.2. The predicted molar refractivity (Wildman–Crippen MR) is 145 cm³/mol. The van der Waals surface area contributed by atoms with E-state index in [-0.39, 0.29) is 32.8 Å². The molecule has 0 spiro atoms. The zero-order valence-corrected chi connectivity index (χ0v) is 23.2. The summed E-state index contributed by atoms with van der Waals surface area (Å²) in [6, 6.07) is 13.5. The van der Waals surface area contributed by atoms with Gasteiger partial charge in [-0.05, 0) is 43.3 Å². The van der Waals surface area contributed by atoms with E-state index in [0.717, 1.165) is 4.31 Å². The fraction of sp³-hybridized carbons (Fsp3) is 0.269. The molecule has 0 saturated carbocycles. The van der Waals surface area contributed by atoms with Gasteiger partial charge in [-0.3, -0.25) is 9.10 Å². The van der Waals surface area contributed by atoms with Gasteiger partial charge in [0.15, 0.2) is 11.5 Å². The maximum atomic E-state index is 13.8. The minimum atomic E-state index is -4.24. The van der Waals surface area contributed by atoms with Crippen LogP contribution in [0.5, 0.6) is 28.7 Å². The molecule has 3 aromatic rings. The highest BCUT2D eigenvalue weighted by atomic mass is 35.5. The van der Waals surface area contributed by atoms with Crippen molar-refractivity contribution in [2.75, 3.05) is 51.2 Å². The Morgan fingerprint density at radius 1 is 0.842 bits per heavy atom. The molecule has 1 N–H and O–H groups in total. The van der Waals surface area contributed by atoms with Gasteiger partial charge < -0.3 is 29.0 Å². The molecular formula is C26H29ClN2O8S. The molecular weight excluding hydrogens is 536 g/mol. The molecule has 0 bridgehead atoms. The summed E-state index contributed by atoms with van der Waals surface area (Å²) in [5.74, 6) is 1.10. The molecule has 1 amide bonds. The molecule has 204 valence electrons. The molecule has 0 heterocycles. The lowest BCUT2D eigenvalue weighted by atomic mass is 10.2. The summed E-state index contributed by atoms with van der Waals surface area (Å²) in [7, 11) is 1.46. The Morgan fingerprint density at radius 2 is 1.47 bits per heavy atom. The monoisotopic (exact) mass is 564 g/mol. The normalized spacial score (nSPS) is 10.9. The van der Waals surface area contributed by atoms with Crippen molar-refractivity contribution in [3.63, 3.8) is 0 Å². The third-order valence-corrected chi connectivity index (χ3v) is 7.48. The van der Waals surface area contributed by atoms with Crippen LogP contribution in [0.1, 0.15) is 6.92 Å². The molecule has 12 heteroatoms. The zero-order valence-electron chi connectivity index (χ0n) is 21.6. The Balaban J connectivity index is 2.02. The average molecular weight is 565 g/mol. The van der Waals surface area contributed by atoms with Crippen LogP contribution in [-0.2, 0) is 14.8 Å². The number of halogens is 1. The molecule has 0 aromatic heterocycles. The Labute approximate surface area is 227 Å². The second kappa shape index (κ2) is 12.6. The minimum Gasteiger partial charge on any atom is -0.495 e. The van der Waals surface area contributed by atoms with E-state index >= 15 is 0 Å². The van der Waals surface area contributed by atoms with Gasteiger partial charge in [0, 0.05) is 18.2 Å². The van der Waals surface area contributed by atoms with Gasteiger partial charge in [-0.1, -0.05) is 11.6 Å². The quantitative estimate of drug-likeness (QED) is 0.339. The van der Waals surface area contributed by atoms with Gasteiger partial charge in [-0.15, -0.1) is 0 Å². The Morgan fingerprint density at radius 3 is 2.05 bits per heavy atom. The molecule has 0 aliphatic rings. The summed E-state index contributed by atoms with van der Waals surface area (Å²) in [6.45, 7) is 1.73. The molecule has 38 heavy (non-hydrogen) atoms. The molecule has 0 unspecified atom stereocenters. The van der Waals surface area contributed by atoms with E-state index in [1.165, 1.54) is 58.8 Å². The molecule has 3 rings (SSSR count). The number of nitrogens with one attached hydrogen (secondary N) is 1. The summed E-state index contributed by atoms with van der Waals surface area (Å²) in [6.07, 6.45) is 0. The van der Waals surface area contributed by atoms with Crippen LogP contribution < -0.4 is 33.3 Å². The predicted octanol–water partition coefficient (Wildman–Crippen LogP) is 4.61. The number of ether oxygens (including phenoxy) is 5. The molecule has 0 saturated heterocycles. The maximum absolute atomic E-state index is 13.8. The lowest BCUT2D eigenvalue weighted by Crippen LogP contribution is -2.38. The zero-order chi connectivity index (χ0) is 27.9. The van der Waals surface area contributed by atoms with Crippen molar-refractivity contribution in [1.29, 1.82) is 0 Å². The molecule has 0 aliphatic heterocycles. The standard InChI is InChI=1S/C26H29ClN2O8S/c1-6-37-18-9-7-17(8-10-18)29(38(31,32)19-11-12-22(33-2)25(13-19)36-5)16-26(30)28-21-15-23(34-3)20(27)14-24(21)35-4/h7-15H,6,16H2,1-5H3,(H,28,30). The number of anilines is 2. The Kier molecular flexibility index (Phi) is 9.54. The van der Waals surface area contributed by atoms with Crippen LogP contribution in [0, 0.1) is 0 Å². The Hall–Kier alpha value is -3.83. The van der Waals surface area contributed by atoms with E-state index in [1.807, 2.05) is 6.92 Å². The van der Waals surface area contributed by atoms with Gasteiger partial charge >= 0.3 is 0 Å². The van der Waals surface area contributed by atoms with E-state index in [4.69, 9.17) is 35.3 Å². The lowest BCUT2D eigenvalue weighted by molar-refractivity contribution is -0.114. The van der Waals surface area contributed by atoms with Crippen molar-refractivity contribution < 1.29 is 36.9 Å². The molecule has 0 radical (unpaired) electrons. The molecule has 0 fully saturated rings. The van der Waals surface area contributed by atoms with Crippen LogP contribution in [0.4, 0.5) is 11.4 Å². The van der Waals surface area contributed by atoms with Crippen LogP contribution in [0.3, 0.4) is 0 Å². The fourth-order valence-corrected chi connectivity index (χ4v) is 5.24. The van der Waals surface area contributed by atoms with Crippen LogP contribution >= 0.6 is 11.6 Å². The SMILES string of the molecule is CCOc1ccc(N(CC(=O)Nc2cc(OC)c(Cl)cc2OC)S(=O)(=O)c2ccc(OC)c(OC)c2)cc1. The highest BCUT2D eigenvalue weighted by molar-refractivity contribution is 7.92. The van der Waals surface area contributed by atoms with Crippen LogP contribution in [0.2, 0.25) is 5.02 Å². The topological polar surface area (TPSA) is 113 Å². The van der Waals surface area contributed by atoms with Crippen molar-refractivity contribution in [2.24, 2.45) is 0 Å².